The van der Waals surface area contributed by atoms with E-state index in [0.29, 0.717) is 42.4 Å². The first-order valence-electron chi connectivity index (χ1n) is 22.8. The molecule has 0 aliphatic heterocycles. The van der Waals surface area contributed by atoms with E-state index in [1.165, 1.54) is 0 Å². The maximum atomic E-state index is 13.4. The summed E-state index contributed by atoms with van der Waals surface area (Å²) in [6, 6.07) is 39.0. The van der Waals surface area contributed by atoms with Gasteiger partial charge in [-0.05, 0) is 97.5 Å². The number of benzene rings is 5. The van der Waals surface area contributed by atoms with E-state index in [1.807, 2.05) is 20.8 Å². The Morgan fingerprint density at radius 1 is 0.388 bits per heavy atom. The third-order valence-corrected chi connectivity index (χ3v) is 11.9. The molecule has 0 heterocycles. The second-order valence-electron chi connectivity index (χ2n) is 16.7. The normalized spacial score (nSPS) is 12.4. The minimum absolute atomic E-state index is 0.101. The number of rotatable bonds is 25. The fourth-order valence-electron chi connectivity index (χ4n) is 6.97. The summed E-state index contributed by atoms with van der Waals surface area (Å²) in [5.74, 6) is -3.47. The van der Waals surface area contributed by atoms with Crippen molar-refractivity contribution < 1.29 is 57.2 Å². The van der Waals surface area contributed by atoms with Crippen molar-refractivity contribution in [2.45, 2.75) is 66.2 Å². The van der Waals surface area contributed by atoms with Crippen LogP contribution in [0.5, 0.6) is 0 Å². The number of hydrogen-bond donors (Lipinski definition) is 0. The first-order valence-corrected chi connectivity index (χ1v) is 22.8. The van der Waals surface area contributed by atoms with E-state index >= 15 is 0 Å². The number of carbonyl (C=O) groups is 6. The molecular weight excluding hydrogens is 853 g/mol. The van der Waals surface area contributed by atoms with Crippen LogP contribution in [0.2, 0.25) is 0 Å². The highest BCUT2D eigenvalue weighted by Gasteiger charge is 2.36. The van der Waals surface area contributed by atoms with Gasteiger partial charge in [0.05, 0.1) is 44.6 Å². The topological polar surface area (TPSA) is 158 Å². The summed E-state index contributed by atoms with van der Waals surface area (Å²) in [6.07, 6.45) is 3.94. The third-order valence-electron chi connectivity index (χ3n) is 11.9. The van der Waals surface area contributed by atoms with Crippen LogP contribution in [0, 0.1) is 16.7 Å². The molecule has 0 saturated carbocycles. The molecule has 0 N–H and O–H groups in total. The van der Waals surface area contributed by atoms with Crippen LogP contribution in [0.25, 0.3) is 11.1 Å². The summed E-state index contributed by atoms with van der Waals surface area (Å²) in [4.78, 5) is 78.6. The molecule has 0 aliphatic rings. The molecule has 0 aromatic heterocycles. The molecule has 0 fully saturated rings. The largest absolute Gasteiger partial charge is 0.465 e. The molecule has 0 aliphatic carbocycles. The Hall–Kier alpha value is -7.08. The molecule has 67 heavy (non-hydrogen) atoms. The number of esters is 6. The van der Waals surface area contributed by atoms with Crippen LogP contribution in [-0.2, 0) is 33.2 Å². The molecule has 5 rings (SSSR count). The van der Waals surface area contributed by atoms with E-state index in [4.69, 9.17) is 28.4 Å². The molecule has 0 radical (unpaired) electrons. The number of hydrogen-bond acceptors (Lipinski definition) is 12. The first kappa shape index (κ1) is 50.9. The highest BCUT2D eigenvalue weighted by molar-refractivity contribution is 5.92. The summed E-state index contributed by atoms with van der Waals surface area (Å²) in [5, 5.41) is 0. The Bertz CT molecular complexity index is 2310. The van der Waals surface area contributed by atoms with Gasteiger partial charge in [0, 0.05) is 0 Å². The van der Waals surface area contributed by atoms with E-state index in [0.717, 1.165) is 24.0 Å². The molecule has 0 saturated heterocycles. The van der Waals surface area contributed by atoms with Crippen molar-refractivity contribution in [3.05, 3.63) is 167 Å². The van der Waals surface area contributed by atoms with Gasteiger partial charge in [0.1, 0.15) is 39.6 Å². The molecular formula is C55H60O12. The zero-order valence-electron chi connectivity index (χ0n) is 38.7. The van der Waals surface area contributed by atoms with Crippen LogP contribution >= 0.6 is 0 Å². The Morgan fingerprint density at radius 2 is 0.672 bits per heavy atom. The van der Waals surface area contributed by atoms with E-state index in [9.17, 15) is 28.8 Å². The molecule has 5 aromatic carbocycles. The van der Waals surface area contributed by atoms with Crippen molar-refractivity contribution in [3.8, 4) is 11.1 Å². The van der Waals surface area contributed by atoms with Crippen molar-refractivity contribution in [1.82, 2.24) is 0 Å². The van der Waals surface area contributed by atoms with Gasteiger partial charge in [0.25, 0.3) is 0 Å². The molecule has 2 unspecified atom stereocenters. The van der Waals surface area contributed by atoms with E-state index in [2.05, 4.69) is 6.92 Å². The van der Waals surface area contributed by atoms with Crippen LogP contribution in [0.3, 0.4) is 0 Å². The van der Waals surface area contributed by atoms with Gasteiger partial charge in [-0.3, -0.25) is 4.79 Å². The lowest BCUT2D eigenvalue weighted by molar-refractivity contribution is -0.155. The molecule has 0 spiro atoms. The highest BCUT2D eigenvalue weighted by Crippen LogP contribution is 2.29. The molecule has 12 nitrogen and oxygen atoms in total. The number of unbranched alkanes of at least 4 members (excludes halogenated alkanes) is 1. The van der Waals surface area contributed by atoms with Gasteiger partial charge in [0.2, 0.25) is 0 Å². The first-order chi connectivity index (χ1) is 32.4. The van der Waals surface area contributed by atoms with Gasteiger partial charge in [-0.1, -0.05) is 119 Å². The molecule has 12 heteroatoms. The molecule has 0 amide bonds. The van der Waals surface area contributed by atoms with Crippen molar-refractivity contribution in [2.75, 3.05) is 39.6 Å². The zero-order valence-corrected chi connectivity index (χ0v) is 38.7. The Labute approximate surface area is 392 Å². The molecule has 0 bridgehead atoms. The van der Waals surface area contributed by atoms with Crippen LogP contribution in [-0.4, -0.2) is 75.5 Å². The fourth-order valence-corrected chi connectivity index (χ4v) is 6.97. The summed E-state index contributed by atoms with van der Waals surface area (Å²) in [5.41, 5.74) is 1.11. The summed E-state index contributed by atoms with van der Waals surface area (Å²) < 4.78 is 34.5. The predicted molar refractivity (Wildman–Crippen MR) is 252 cm³/mol. The average Bonchev–Trinajstić information content (AvgIpc) is 3.39. The second-order valence-corrected chi connectivity index (χ2v) is 16.7. The van der Waals surface area contributed by atoms with Gasteiger partial charge in [-0.25, -0.2) is 24.0 Å². The molecule has 2 atom stereocenters. The summed E-state index contributed by atoms with van der Waals surface area (Å²) in [7, 11) is 0. The zero-order chi connectivity index (χ0) is 48.1. The quantitative estimate of drug-likeness (QED) is 0.0404. The minimum Gasteiger partial charge on any atom is -0.465 e. The monoisotopic (exact) mass is 912 g/mol. The highest BCUT2D eigenvalue weighted by atomic mass is 16.6. The standard InChI is InChI=1S/C55H60O12/c1-5-9-19-40(6-2)48(56)62-34-54(7-3,35-63-49(57)43-20-13-10-14-21-43)38-66-52(60)46-30-26-41(27-31-46)42-28-32-47(33-29-42)53(61)67-39-55(8-4,36-64-50(58)44-22-15-11-16-23-44)37-65-51(59)45-24-17-12-18-25-45/h10-18,20-33,40H,5-9,19,34-39H2,1-4H3. The Balaban J connectivity index is 1.21. The second kappa shape index (κ2) is 25.6. The van der Waals surface area contributed by atoms with Crippen molar-refractivity contribution in [1.29, 1.82) is 0 Å². The molecule has 352 valence electrons. The summed E-state index contributed by atoms with van der Waals surface area (Å²) >= 11 is 0. The van der Waals surface area contributed by atoms with Crippen molar-refractivity contribution in [3.63, 3.8) is 0 Å². The van der Waals surface area contributed by atoms with Crippen LogP contribution in [0.15, 0.2) is 140 Å². The predicted octanol–water partition coefficient (Wildman–Crippen LogP) is 10.8. The van der Waals surface area contributed by atoms with Gasteiger partial charge >= 0.3 is 35.8 Å². The van der Waals surface area contributed by atoms with Gasteiger partial charge in [0.15, 0.2) is 0 Å². The maximum Gasteiger partial charge on any atom is 0.338 e. The maximum absolute atomic E-state index is 13.4. The lowest BCUT2D eigenvalue weighted by Crippen LogP contribution is -2.39. The fraction of sp³-hybridized carbons (Fsp3) is 0.345. The number of ether oxygens (including phenoxy) is 6. The lowest BCUT2D eigenvalue weighted by atomic mass is 9.87. The summed E-state index contributed by atoms with van der Waals surface area (Å²) in [6.45, 7) is 6.76. The van der Waals surface area contributed by atoms with Crippen molar-refractivity contribution in [2.24, 2.45) is 16.7 Å². The van der Waals surface area contributed by atoms with Gasteiger partial charge < -0.3 is 28.4 Å². The van der Waals surface area contributed by atoms with Gasteiger partial charge in [-0.15, -0.1) is 0 Å². The Kier molecular flexibility index (Phi) is 19.4. The molecule has 5 aromatic rings. The lowest BCUT2D eigenvalue weighted by Gasteiger charge is -2.31. The third kappa shape index (κ3) is 15.0. The van der Waals surface area contributed by atoms with Gasteiger partial charge in [-0.2, -0.15) is 0 Å². The average molecular weight is 913 g/mol. The SMILES string of the molecule is CCCCC(CC)C(=O)OCC(CC)(COC(=O)c1ccccc1)COC(=O)c1ccc(-c2ccc(C(=O)OCC(CC)(COC(=O)c3ccccc3)COC(=O)c3ccccc3)cc2)cc1. The Morgan fingerprint density at radius 3 is 0.940 bits per heavy atom. The minimum atomic E-state index is -1.04. The smallest absolute Gasteiger partial charge is 0.338 e. The van der Waals surface area contributed by atoms with E-state index < -0.39 is 40.7 Å². The number of carbonyl (C=O) groups excluding carboxylic acids is 6. The van der Waals surface area contributed by atoms with E-state index in [1.54, 1.807) is 140 Å². The van der Waals surface area contributed by atoms with Crippen LogP contribution in [0.4, 0.5) is 0 Å². The van der Waals surface area contributed by atoms with E-state index in [-0.39, 0.29) is 62.7 Å². The van der Waals surface area contributed by atoms with Crippen molar-refractivity contribution >= 4 is 35.8 Å². The van der Waals surface area contributed by atoms with Crippen LogP contribution in [0.1, 0.15) is 118 Å². The van der Waals surface area contributed by atoms with Crippen LogP contribution < -0.4 is 0 Å².